The molecule has 0 spiro atoms. The lowest BCUT2D eigenvalue weighted by Crippen LogP contribution is -2.50. The lowest BCUT2D eigenvalue weighted by Gasteiger charge is -2.37. The molecule has 5 heteroatoms. The highest BCUT2D eigenvalue weighted by Gasteiger charge is 2.37. The molecule has 0 radical (unpaired) electrons. The van der Waals surface area contributed by atoms with Crippen molar-refractivity contribution in [1.82, 2.24) is 10.2 Å². The first-order valence-corrected chi connectivity index (χ1v) is 9.37. The number of ether oxygens (including phenoxy) is 1. The molecular formula is C20H28N2O3. The van der Waals surface area contributed by atoms with Crippen molar-refractivity contribution in [1.29, 1.82) is 0 Å². The van der Waals surface area contributed by atoms with Crippen LogP contribution in [-0.4, -0.2) is 43.0 Å². The molecule has 1 heterocycles. The minimum Gasteiger partial charge on any atom is -0.383 e. The number of fused-ring (bicyclic) bond motifs is 1. The smallest absolute Gasteiger partial charge is 0.247 e. The predicted octanol–water partition coefficient (Wildman–Crippen LogP) is 2.60. The Morgan fingerprint density at radius 3 is 2.64 bits per heavy atom. The SMILES string of the molecule is COCCN1C(=O)Cc2ccccc2[C@@H]1C(=O)NC1CCCCCC1. The van der Waals surface area contributed by atoms with Crippen molar-refractivity contribution in [3.8, 4) is 0 Å². The number of nitrogens with zero attached hydrogens (tertiary/aromatic N) is 1. The molecule has 5 nitrogen and oxygen atoms in total. The van der Waals surface area contributed by atoms with E-state index >= 15 is 0 Å². The molecule has 1 aliphatic heterocycles. The van der Waals surface area contributed by atoms with Gasteiger partial charge in [0.2, 0.25) is 11.8 Å². The van der Waals surface area contributed by atoms with E-state index in [1.807, 2.05) is 24.3 Å². The van der Waals surface area contributed by atoms with Gasteiger partial charge in [-0.1, -0.05) is 49.9 Å². The lowest BCUT2D eigenvalue weighted by atomic mass is 9.91. The Bertz CT molecular complexity index is 609. The number of amides is 2. The van der Waals surface area contributed by atoms with Gasteiger partial charge in [-0.15, -0.1) is 0 Å². The Hall–Kier alpha value is -1.88. The average Bonchev–Trinajstić information content (AvgIpc) is 2.88. The first kappa shape index (κ1) is 17.9. The summed E-state index contributed by atoms with van der Waals surface area (Å²) in [5.41, 5.74) is 1.91. The summed E-state index contributed by atoms with van der Waals surface area (Å²) in [6.45, 7) is 0.869. The number of carbonyl (C=O) groups is 2. The quantitative estimate of drug-likeness (QED) is 0.835. The van der Waals surface area contributed by atoms with Crippen LogP contribution in [0.3, 0.4) is 0 Å². The minimum atomic E-state index is -0.546. The van der Waals surface area contributed by atoms with Gasteiger partial charge in [0.25, 0.3) is 0 Å². The van der Waals surface area contributed by atoms with Crippen molar-refractivity contribution in [2.45, 2.75) is 57.0 Å². The number of rotatable bonds is 5. The second-order valence-electron chi connectivity index (χ2n) is 7.06. The second kappa shape index (κ2) is 8.48. The van der Waals surface area contributed by atoms with Crippen LogP contribution in [0, 0.1) is 0 Å². The molecule has 0 bridgehead atoms. The van der Waals surface area contributed by atoms with Crippen LogP contribution in [0.15, 0.2) is 24.3 Å². The summed E-state index contributed by atoms with van der Waals surface area (Å²) in [5.74, 6) is -0.0553. The molecule has 1 aromatic rings. The molecule has 0 unspecified atom stereocenters. The predicted molar refractivity (Wildman–Crippen MR) is 96.1 cm³/mol. The maximum Gasteiger partial charge on any atom is 0.247 e. The monoisotopic (exact) mass is 344 g/mol. The van der Waals surface area contributed by atoms with Crippen LogP contribution in [-0.2, 0) is 20.7 Å². The first-order chi connectivity index (χ1) is 12.2. The van der Waals surface area contributed by atoms with Gasteiger partial charge in [0.1, 0.15) is 6.04 Å². The van der Waals surface area contributed by atoms with E-state index in [-0.39, 0.29) is 17.9 Å². The molecule has 1 atom stereocenters. The van der Waals surface area contributed by atoms with Gasteiger partial charge >= 0.3 is 0 Å². The third-order valence-corrected chi connectivity index (χ3v) is 5.31. The van der Waals surface area contributed by atoms with Gasteiger partial charge in [-0.25, -0.2) is 0 Å². The molecule has 2 amide bonds. The van der Waals surface area contributed by atoms with Crippen molar-refractivity contribution in [3.05, 3.63) is 35.4 Å². The topological polar surface area (TPSA) is 58.6 Å². The van der Waals surface area contributed by atoms with E-state index in [9.17, 15) is 9.59 Å². The zero-order valence-electron chi connectivity index (χ0n) is 15.0. The fourth-order valence-electron chi connectivity index (χ4n) is 3.97. The van der Waals surface area contributed by atoms with Crippen molar-refractivity contribution >= 4 is 11.8 Å². The molecule has 1 aliphatic carbocycles. The number of hydrogen-bond donors (Lipinski definition) is 1. The Morgan fingerprint density at radius 2 is 1.92 bits per heavy atom. The Morgan fingerprint density at radius 1 is 1.20 bits per heavy atom. The maximum absolute atomic E-state index is 13.1. The molecule has 0 saturated heterocycles. The second-order valence-corrected chi connectivity index (χ2v) is 7.06. The highest BCUT2D eigenvalue weighted by molar-refractivity contribution is 5.92. The molecule has 1 fully saturated rings. The van der Waals surface area contributed by atoms with Gasteiger partial charge in [0, 0.05) is 19.7 Å². The van der Waals surface area contributed by atoms with E-state index < -0.39 is 6.04 Å². The van der Waals surface area contributed by atoms with Crippen LogP contribution in [0.2, 0.25) is 0 Å². The van der Waals surface area contributed by atoms with Gasteiger partial charge < -0.3 is 15.0 Å². The summed E-state index contributed by atoms with van der Waals surface area (Å²) in [5, 5.41) is 3.22. The van der Waals surface area contributed by atoms with E-state index in [4.69, 9.17) is 4.74 Å². The highest BCUT2D eigenvalue weighted by Crippen LogP contribution is 2.31. The Balaban J connectivity index is 1.82. The van der Waals surface area contributed by atoms with Crippen LogP contribution in [0.1, 0.15) is 55.7 Å². The van der Waals surface area contributed by atoms with Gasteiger partial charge in [-0.05, 0) is 24.0 Å². The summed E-state index contributed by atoms with van der Waals surface area (Å²) in [4.78, 5) is 27.4. The molecular weight excluding hydrogens is 316 g/mol. The molecule has 2 aliphatic rings. The highest BCUT2D eigenvalue weighted by atomic mass is 16.5. The van der Waals surface area contributed by atoms with E-state index in [0.717, 1.165) is 24.0 Å². The lowest BCUT2D eigenvalue weighted by molar-refractivity contribution is -0.142. The molecule has 3 rings (SSSR count). The number of methoxy groups -OCH3 is 1. The minimum absolute atomic E-state index is 0.00299. The maximum atomic E-state index is 13.1. The van der Waals surface area contributed by atoms with E-state index in [1.54, 1.807) is 12.0 Å². The average molecular weight is 344 g/mol. The number of carbonyl (C=O) groups excluding carboxylic acids is 2. The molecule has 136 valence electrons. The Labute approximate surface area is 149 Å². The zero-order chi connectivity index (χ0) is 17.6. The van der Waals surface area contributed by atoms with Gasteiger partial charge in [0.05, 0.1) is 13.0 Å². The third kappa shape index (κ3) is 4.21. The summed E-state index contributed by atoms with van der Waals surface area (Å²) >= 11 is 0. The Kier molecular flexibility index (Phi) is 6.08. The third-order valence-electron chi connectivity index (χ3n) is 5.31. The summed E-state index contributed by atoms with van der Waals surface area (Å²) in [6, 6.07) is 7.47. The van der Waals surface area contributed by atoms with Crippen LogP contribution >= 0.6 is 0 Å². The van der Waals surface area contributed by atoms with Gasteiger partial charge in [0.15, 0.2) is 0 Å². The fraction of sp³-hybridized carbons (Fsp3) is 0.600. The molecule has 1 saturated carbocycles. The normalized spacial score (nSPS) is 21.6. The summed E-state index contributed by atoms with van der Waals surface area (Å²) < 4.78 is 5.15. The number of benzene rings is 1. The number of hydrogen-bond acceptors (Lipinski definition) is 3. The van der Waals surface area contributed by atoms with Crippen LogP contribution in [0.5, 0.6) is 0 Å². The largest absolute Gasteiger partial charge is 0.383 e. The molecule has 1 N–H and O–H groups in total. The van der Waals surface area contributed by atoms with Crippen molar-refractivity contribution in [2.75, 3.05) is 20.3 Å². The van der Waals surface area contributed by atoms with E-state index in [1.165, 1.54) is 25.7 Å². The van der Waals surface area contributed by atoms with E-state index in [0.29, 0.717) is 19.6 Å². The van der Waals surface area contributed by atoms with Gasteiger partial charge in [-0.3, -0.25) is 9.59 Å². The van der Waals surface area contributed by atoms with Crippen molar-refractivity contribution < 1.29 is 14.3 Å². The van der Waals surface area contributed by atoms with Crippen LogP contribution in [0.25, 0.3) is 0 Å². The first-order valence-electron chi connectivity index (χ1n) is 9.37. The van der Waals surface area contributed by atoms with Crippen LogP contribution in [0.4, 0.5) is 0 Å². The van der Waals surface area contributed by atoms with Crippen molar-refractivity contribution in [3.63, 3.8) is 0 Å². The fourth-order valence-corrected chi connectivity index (χ4v) is 3.97. The molecule has 1 aromatic carbocycles. The summed E-state index contributed by atoms with van der Waals surface area (Å²) in [6.07, 6.45) is 7.25. The van der Waals surface area contributed by atoms with E-state index in [2.05, 4.69) is 5.32 Å². The molecule has 0 aromatic heterocycles. The summed E-state index contributed by atoms with van der Waals surface area (Å²) in [7, 11) is 1.61. The zero-order valence-corrected chi connectivity index (χ0v) is 15.0. The molecule has 25 heavy (non-hydrogen) atoms. The van der Waals surface area contributed by atoms with Gasteiger partial charge in [-0.2, -0.15) is 0 Å². The van der Waals surface area contributed by atoms with Crippen LogP contribution < -0.4 is 5.32 Å². The number of nitrogens with one attached hydrogen (secondary N) is 1. The standard InChI is InChI=1S/C20H28N2O3/c1-25-13-12-22-18(23)14-15-8-6-7-11-17(15)19(22)20(24)21-16-9-4-2-3-5-10-16/h6-8,11,16,19H,2-5,9-10,12-14H2,1H3,(H,21,24)/t19-/m1/s1. The van der Waals surface area contributed by atoms with Crippen molar-refractivity contribution in [2.24, 2.45) is 0 Å².